The summed E-state index contributed by atoms with van der Waals surface area (Å²) in [5.41, 5.74) is 8.12. The summed E-state index contributed by atoms with van der Waals surface area (Å²) in [5, 5.41) is 12.0. The number of rotatable bonds is 2. The lowest BCUT2D eigenvalue weighted by Crippen LogP contribution is -2.28. The number of azide groups is 1. The normalized spacial score (nSPS) is 29.5. The predicted octanol–water partition coefficient (Wildman–Crippen LogP) is 1.60. The molecule has 1 aliphatic heterocycles. The molecule has 0 saturated carbocycles. The highest BCUT2D eigenvalue weighted by Crippen LogP contribution is 2.39. The van der Waals surface area contributed by atoms with Crippen LogP contribution in [0.15, 0.2) is 5.11 Å². The summed E-state index contributed by atoms with van der Waals surface area (Å²) < 4.78 is 0. The fourth-order valence-corrected chi connectivity index (χ4v) is 2.12. The van der Waals surface area contributed by atoms with Crippen molar-refractivity contribution >= 4 is 17.7 Å². The smallest absolute Gasteiger partial charge is 0.325 e. The quantitative estimate of drug-likeness (QED) is 0.391. The van der Waals surface area contributed by atoms with Crippen LogP contribution in [0.1, 0.15) is 12.8 Å². The Morgan fingerprint density at radius 2 is 2.55 bits per heavy atom. The number of carboxylic acid groups (broad SMARTS) is 1. The maximum Gasteiger partial charge on any atom is 0.325 e. The number of carboxylic acids is 1. The summed E-state index contributed by atoms with van der Waals surface area (Å²) in [5.74, 6) is -0.275. The third-order valence-corrected chi connectivity index (χ3v) is 2.97. The van der Waals surface area contributed by atoms with Gasteiger partial charge in [-0.25, -0.2) is 0 Å². The molecular formula is C5H7N3O2S. The van der Waals surface area contributed by atoms with E-state index in [2.05, 4.69) is 10.0 Å². The number of carbonyl (C=O) groups is 1. The van der Waals surface area contributed by atoms with Gasteiger partial charge >= 0.3 is 5.97 Å². The van der Waals surface area contributed by atoms with Crippen molar-refractivity contribution in [2.75, 3.05) is 5.75 Å². The van der Waals surface area contributed by atoms with Gasteiger partial charge < -0.3 is 5.11 Å². The van der Waals surface area contributed by atoms with Gasteiger partial charge in [-0.1, -0.05) is 5.11 Å². The minimum Gasteiger partial charge on any atom is -0.480 e. The van der Waals surface area contributed by atoms with Crippen molar-refractivity contribution < 1.29 is 9.90 Å². The standard InChI is InChI=1S/C5H7N3O2S/c6-8-7-5(4(9)10)2-1-3-11-5/h1-3H2,(H,9,10). The van der Waals surface area contributed by atoms with Gasteiger partial charge in [-0.3, -0.25) is 4.79 Å². The van der Waals surface area contributed by atoms with Crippen LogP contribution in [-0.4, -0.2) is 21.7 Å². The van der Waals surface area contributed by atoms with Crippen LogP contribution >= 0.6 is 11.8 Å². The monoisotopic (exact) mass is 173 g/mol. The predicted molar refractivity (Wildman–Crippen MR) is 41.2 cm³/mol. The molecule has 1 unspecified atom stereocenters. The second kappa shape index (κ2) is 3.02. The second-order valence-corrected chi connectivity index (χ2v) is 3.60. The molecule has 0 bridgehead atoms. The van der Waals surface area contributed by atoms with Crippen LogP contribution in [0.4, 0.5) is 0 Å². The van der Waals surface area contributed by atoms with Crippen LogP contribution in [0.25, 0.3) is 10.4 Å². The highest BCUT2D eigenvalue weighted by molar-refractivity contribution is 8.01. The topological polar surface area (TPSA) is 86.1 Å². The molecule has 0 aromatic heterocycles. The van der Waals surface area contributed by atoms with Crippen LogP contribution in [0.5, 0.6) is 0 Å². The van der Waals surface area contributed by atoms with Crippen molar-refractivity contribution in [1.82, 2.24) is 0 Å². The minimum absolute atomic E-state index is 0.442. The highest BCUT2D eigenvalue weighted by Gasteiger charge is 2.41. The van der Waals surface area contributed by atoms with E-state index in [-0.39, 0.29) is 0 Å². The van der Waals surface area contributed by atoms with Crippen LogP contribution in [0.3, 0.4) is 0 Å². The van der Waals surface area contributed by atoms with Gasteiger partial charge in [0, 0.05) is 4.91 Å². The maximum absolute atomic E-state index is 10.6. The number of aliphatic carboxylic acids is 1. The first-order chi connectivity index (χ1) is 5.21. The van der Waals surface area contributed by atoms with Gasteiger partial charge in [-0.15, -0.1) is 11.8 Å². The van der Waals surface area contributed by atoms with Crippen LogP contribution < -0.4 is 0 Å². The number of thioether (sulfide) groups is 1. The first kappa shape index (κ1) is 8.23. The molecule has 0 spiro atoms. The number of hydrogen-bond acceptors (Lipinski definition) is 3. The van der Waals surface area contributed by atoms with E-state index in [1.165, 1.54) is 11.8 Å². The van der Waals surface area contributed by atoms with Crippen molar-refractivity contribution in [3.8, 4) is 0 Å². The Balaban J connectivity index is 2.87. The average Bonchev–Trinajstić information content (AvgIpc) is 2.38. The maximum atomic E-state index is 10.6. The van der Waals surface area contributed by atoms with Crippen molar-refractivity contribution in [2.45, 2.75) is 17.7 Å². The van der Waals surface area contributed by atoms with Gasteiger partial charge in [0.25, 0.3) is 0 Å². The molecule has 5 nitrogen and oxygen atoms in total. The molecule has 1 heterocycles. The number of hydrogen-bond donors (Lipinski definition) is 1. The van der Waals surface area contributed by atoms with Crippen LogP contribution in [0.2, 0.25) is 0 Å². The Kier molecular flexibility index (Phi) is 2.26. The van der Waals surface area contributed by atoms with Crippen molar-refractivity contribution in [2.24, 2.45) is 5.11 Å². The lowest BCUT2D eigenvalue weighted by atomic mass is 10.2. The Labute approximate surface area is 67.4 Å². The first-order valence-corrected chi connectivity index (χ1v) is 4.13. The fourth-order valence-electron chi connectivity index (χ4n) is 0.988. The summed E-state index contributed by atoms with van der Waals surface area (Å²) in [6.45, 7) is 0. The molecule has 0 aliphatic carbocycles. The van der Waals surface area contributed by atoms with E-state index in [4.69, 9.17) is 10.6 Å². The fraction of sp³-hybridized carbons (Fsp3) is 0.800. The summed E-state index contributed by atoms with van der Waals surface area (Å²) in [7, 11) is 0. The Morgan fingerprint density at radius 3 is 2.91 bits per heavy atom. The molecule has 0 radical (unpaired) electrons. The lowest BCUT2D eigenvalue weighted by molar-refractivity contribution is -0.139. The van der Waals surface area contributed by atoms with Gasteiger partial charge in [0.1, 0.15) is 0 Å². The van der Waals surface area contributed by atoms with Gasteiger partial charge in [-0.2, -0.15) is 0 Å². The Bertz CT molecular complexity index is 214. The van der Waals surface area contributed by atoms with Gasteiger partial charge in [0.2, 0.25) is 0 Å². The van der Waals surface area contributed by atoms with Gasteiger partial charge in [0.05, 0.1) is 0 Å². The van der Waals surface area contributed by atoms with Gasteiger partial charge in [-0.05, 0) is 24.1 Å². The zero-order valence-electron chi connectivity index (χ0n) is 5.73. The Morgan fingerprint density at radius 1 is 1.82 bits per heavy atom. The lowest BCUT2D eigenvalue weighted by Gasteiger charge is -2.14. The van der Waals surface area contributed by atoms with Crippen molar-refractivity contribution in [3.05, 3.63) is 10.4 Å². The van der Waals surface area contributed by atoms with E-state index in [1.54, 1.807) is 0 Å². The summed E-state index contributed by atoms with van der Waals surface area (Å²) in [6.07, 6.45) is 1.24. The molecule has 1 N–H and O–H groups in total. The summed E-state index contributed by atoms with van der Waals surface area (Å²) in [6, 6.07) is 0. The van der Waals surface area contributed by atoms with E-state index in [9.17, 15) is 4.79 Å². The minimum atomic E-state index is -1.21. The molecule has 1 fully saturated rings. The van der Waals surface area contributed by atoms with E-state index >= 15 is 0 Å². The summed E-state index contributed by atoms with van der Waals surface area (Å²) >= 11 is 1.20. The Hall–Kier alpha value is -0.870. The third-order valence-electron chi connectivity index (χ3n) is 1.54. The molecule has 1 saturated heterocycles. The molecular weight excluding hydrogens is 166 g/mol. The van der Waals surface area contributed by atoms with E-state index in [0.29, 0.717) is 6.42 Å². The van der Waals surface area contributed by atoms with Crippen molar-refractivity contribution in [3.63, 3.8) is 0 Å². The highest BCUT2D eigenvalue weighted by atomic mass is 32.2. The van der Waals surface area contributed by atoms with Crippen LogP contribution in [-0.2, 0) is 4.79 Å². The third kappa shape index (κ3) is 1.41. The van der Waals surface area contributed by atoms with Crippen LogP contribution in [0, 0.1) is 0 Å². The SMILES string of the molecule is [N-]=[N+]=NC1(C(=O)O)CCCS1. The van der Waals surface area contributed by atoms with Crippen molar-refractivity contribution in [1.29, 1.82) is 0 Å². The van der Waals surface area contributed by atoms with E-state index < -0.39 is 10.8 Å². The largest absolute Gasteiger partial charge is 0.480 e. The zero-order chi connectivity index (χ0) is 8.32. The number of nitrogens with zero attached hydrogens (tertiary/aromatic N) is 3. The van der Waals surface area contributed by atoms with E-state index in [1.807, 2.05) is 0 Å². The molecule has 1 aliphatic rings. The zero-order valence-corrected chi connectivity index (χ0v) is 6.54. The second-order valence-electron chi connectivity index (χ2n) is 2.23. The molecule has 11 heavy (non-hydrogen) atoms. The average molecular weight is 173 g/mol. The molecule has 0 aromatic rings. The molecule has 0 aromatic carbocycles. The molecule has 6 heteroatoms. The van der Waals surface area contributed by atoms with E-state index in [0.717, 1.165) is 12.2 Å². The molecule has 1 rings (SSSR count). The summed E-state index contributed by atoms with van der Waals surface area (Å²) in [4.78, 5) is 11.9. The first-order valence-electron chi connectivity index (χ1n) is 3.15. The molecule has 60 valence electrons. The molecule has 1 atom stereocenters. The van der Waals surface area contributed by atoms with Gasteiger partial charge in [0.15, 0.2) is 4.87 Å². The molecule has 0 amide bonds.